The summed E-state index contributed by atoms with van der Waals surface area (Å²) in [6, 6.07) is 22.7. The zero-order chi connectivity index (χ0) is 23.2. The van der Waals surface area contributed by atoms with Crippen molar-refractivity contribution in [1.82, 2.24) is 10.7 Å². The standard InChI is InChI=1S/C26H25N3O4/c1-3-33-22-13-9-18(10-14-22)17-29-24(19-11-15-21(32-2)16-12-19)23(26(31)28-29)27-25(30)20-7-5-4-6-8-20/h4-17,23-24H,3H2,1-2H3,(H-,27,28,30,31)/p+1/b29-17-/t23-,24-/m1/s1. The highest BCUT2D eigenvalue weighted by Crippen LogP contribution is 2.27. The predicted octanol–water partition coefficient (Wildman–Crippen LogP) is 3.11. The second-order valence-electron chi connectivity index (χ2n) is 7.55. The molecule has 0 radical (unpaired) electrons. The van der Waals surface area contributed by atoms with Crippen molar-refractivity contribution in [3.05, 3.63) is 95.6 Å². The van der Waals surface area contributed by atoms with Gasteiger partial charge in [-0.3, -0.25) is 9.59 Å². The van der Waals surface area contributed by atoms with E-state index in [9.17, 15) is 9.59 Å². The molecule has 0 spiro atoms. The normalized spacial score (nSPS) is 18.6. The summed E-state index contributed by atoms with van der Waals surface area (Å²) in [7, 11) is 1.60. The zero-order valence-electron chi connectivity index (χ0n) is 18.5. The fourth-order valence-electron chi connectivity index (χ4n) is 3.77. The molecule has 1 heterocycles. The topological polar surface area (TPSA) is 79.7 Å². The van der Waals surface area contributed by atoms with E-state index in [1.54, 1.807) is 36.1 Å². The molecule has 0 bridgehead atoms. The molecule has 3 aromatic rings. The zero-order valence-corrected chi connectivity index (χ0v) is 18.5. The highest BCUT2D eigenvalue weighted by Gasteiger charge is 2.47. The number of nitrogens with one attached hydrogen (secondary N) is 2. The van der Waals surface area contributed by atoms with Crippen LogP contribution < -0.4 is 20.2 Å². The third kappa shape index (κ3) is 5.03. The van der Waals surface area contributed by atoms with E-state index in [4.69, 9.17) is 9.47 Å². The first-order valence-electron chi connectivity index (χ1n) is 10.8. The molecule has 0 aromatic heterocycles. The molecule has 2 amide bonds. The van der Waals surface area contributed by atoms with Crippen LogP contribution in [-0.4, -0.2) is 42.5 Å². The third-order valence-electron chi connectivity index (χ3n) is 5.40. The number of amides is 2. The lowest BCUT2D eigenvalue weighted by Gasteiger charge is -2.15. The summed E-state index contributed by atoms with van der Waals surface area (Å²) < 4.78 is 12.5. The Labute approximate surface area is 192 Å². The lowest BCUT2D eigenvalue weighted by atomic mass is 9.99. The maximum Gasteiger partial charge on any atom is 0.304 e. The second-order valence-corrected chi connectivity index (χ2v) is 7.55. The summed E-state index contributed by atoms with van der Waals surface area (Å²) in [5.74, 6) is 0.891. The van der Waals surface area contributed by atoms with E-state index in [1.165, 1.54) is 0 Å². The van der Waals surface area contributed by atoms with Crippen LogP contribution >= 0.6 is 0 Å². The molecule has 0 saturated carbocycles. The number of methoxy groups -OCH3 is 1. The molecular weight excluding hydrogens is 418 g/mol. The van der Waals surface area contributed by atoms with Crippen molar-refractivity contribution >= 4 is 18.0 Å². The minimum atomic E-state index is -0.787. The molecule has 2 N–H and O–H groups in total. The number of hydrazine groups is 1. The van der Waals surface area contributed by atoms with Crippen molar-refractivity contribution in [2.75, 3.05) is 13.7 Å². The van der Waals surface area contributed by atoms with Gasteiger partial charge in [0.05, 0.1) is 13.7 Å². The van der Waals surface area contributed by atoms with Crippen molar-refractivity contribution in [3.8, 4) is 11.5 Å². The van der Waals surface area contributed by atoms with Crippen LogP contribution in [0.15, 0.2) is 78.9 Å². The quantitative estimate of drug-likeness (QED) is 0.549. The Kier molecular flexibility index (Phi) is 6.69. The van der Waals surface area contributed by atoms with Crippen molar-refractivity contribution < 1.29 is 23.7 Å². The number of nitrogens with zero attached hydrogens (tertiary/aromatic N) is 1. The van der Waals surface area contributed by atoms with Crippen LogP contribution in [0.25, 0.3) is 0 Å². The van der Waals surface area contributed by atoms with E-state index < -0.39 is 12.1 Å². The van der Waals surface area contributed by atoms with E-state index in [0.717, 1.165) is 16.9 Å². The summed E-state index contributed by atoms with van der Waals surface area (Å²) in [6.07, 6.45) is 1.84. The Balaban J connectivity index is 1.67. The molecule has 168 valence electrons. The summed E-state index contributed by atoms with van der Waals surface area (Å²) >= 11 is 0. The first-order valence-corrected chi connectivity index (χ1v) is 10.8. The largest absolute Gasteiger partial charge is 0.497 e. The lowest BCUT2D eigenvalue weighted by Crippen LogP contribution is -2.42. The van der Waals surface area contributed by atoms with Crippen molar-refractivity contribution in [3.63, 3.8) is 0 Å². The molecule has 0 aliphatic carbocycles. The number of hydrazone groups is 1. The van der Waals surface area contributed by atoms with Gasteiger partial charge in [0.15, 0.2) is 6.04 Å². The van der Waals surface area contributed by atoms with Crippen LogP contribution in [0.3, 0.4) is 0 Å². The lowest BCUT2D eigenvalue weighted by molar-refractivity contribution is -0.596. The average Bonchev–Trinajstić information content (AvgIpc) is 3.15. The second kappa shape index (κ2) is 9.99. The minimum Gasteiger partial charge on any atom is -0.497 e. The van der Waals surface area contributed by atoms with Gasteiger partial charge in [-0.05, 0) is 67.6 Å². The van der Waals surface area contributed by atoms with Crippen molar-refractivity contribution in [1.29, 1.82) is 0 Å². The van der Waals surface area contributed by atoms with Crippen LogP contribution in [0.2, 0.25) is 0 Å². The predicted molar refractivity (Wildman–Crippen MR) is 125 cm³/mol. The van der Waals surface area contributed by atoms with Crippen LogP contribution in [0.5, 0.6) is 11.5 Å². The third-order valence-corrected chi connectivity index (χ3v) is 5.40. The van der Waals surface area contributed by atoms with E-state index >= 15 is 0 Å². The van der Waals surface area contributed by atoms with Gasteiger partial charge in [0, 0.05) is 16.7 Å². The Morgan fingerprint density at radius 2 is 1.67 bits per heavy atom. The van der Waals surface area contributed by atoms with Crippen LogP contribution in [0.4, 0.5) is 0 Å². The van der Waals surface area contributed by atoms with Gasteiger partial charge in [-0.15, -0.1) is 10.1 Å². The molecule has 7 nitrogen and oxygen atoms in total. The highest BCUT2D eigenvalue weighted by atomic mass is 16.5. The first-order chi connectivity index (χ1) is 16.1. The summed E-state index contributed by atoms with van der Waals surface area (Å²) in [4.78, 5) is 25.8. The van der Waals surface area contributed by atoms with Gasteiger partial charge in [0.2, 0.25) is 12.3 Å². The van der Waals surface area contributed by atoms with Crippen molar-refractivity contribution in [2.24, 2.45) is 0 Å². The first kappa shape index (κ1) is 22.1. The molecule has 1 aliphatic rings. The maximum atomic E-state index is 13.0. The van der Waals surface area contributed by atoms with Gasteiger partial charge >= 0.3 is 5.91 Å². The molecule has 1 aliphatic heterocycles. The number of ether oxygens (including phenoxy) is 2. The van der Waals surface area contributed by atoms with Crippen LogP contribution in [0.1, 0.15) is 34.5 Å². The SMILES string of the molecule is CCOc1ccc(/C=[N+]2\NC(=O)[C@H](NC(=O)c3ccccc3)[C@H]2c2ccc(OC)cc2)cc1. The van der Waals surface area contributed by atoms with E-state index in [-0.39, 0.29) is 11.8 Å². The Morgan fingerprint density at radius 3 is 2.30 bits per heavy atom. The number of rotatable bonds is 7. The van der Waals surface area contributed by atoms with Gasteiger partial charge in [-0.2, -0.15) is 0 Å². The number of hydrogen-bond donors (Lipinski definition) is 2. The van der Waals surface area contributed by atoms with E-state index in [1.807, 2.05) is 67.7 Å². The molecular formula is C26H26N3O4+. The summed E-state index contributed by atoms with van der Waals surface area (Å²) in [6.45, 7) is 2.52. The van der Waals surface area contributed by atoms with Gasteiger partial charge < -0.3 is 14.8 Å². The molecule has 0 unspecified atom stereocenters. The highest BCUT2D eigenvalue weighted by molar-refractivity contribution is 5.98. The van der Waals surface area contributed by atoms with Gasteiger partial charge in [0.25, 0.3) is 5.91 Å². The van der Waals surface area contributed by atoms with Crippen LogP contribution in [-0.2, 0) is 4.79 Å². The van der Waals surface area contributed by atoms with Crippen LogP contribution in [0, 0.1) is 0 Å². The van der Waals surface area contributed by atoms with Gasteiger partial charge in [-0.1, -0.05) is 18.2 Å². The fourth-order valence-corrected chi connectivity index (χ4v) is 3.77. The Morgan fingerprint density at radius 1 is 1.00 bits per heavy atom. The Hall–Kier alpha value is -4.13. The van der Waals surface area contributed by atoms with Gasteiger partial charge in [0.1, 0.15) is 11.5 Å². The summed E-state index contributed by atoms with van der Waals surface area (Å²) in [5, 5.41) is 2.90. The number of benzene rings is 3. The maximum absolute atomic E-state index is 13.0. The molecule has 2 atom stereocenters. The number of carbonyl (C=O) groups excluding carboxylic acids is 2. The molecule has 3 aromatic carbocycles. The number of carbonyl (C=O) groups is 2. The van der Waals surface area contributed by atoms with E-state index in [2.05, 4.69) is 10.7 Å². The Bertz CT molecular complexity index is 1140. The summed E-state index contributed by atoms with van der Waals surface area (Å²) in [5.41, 5.74) is 5.12. The van der Waals surface area contributed by atoms with E-state index in [0.29, 0.717) is 17.9 Å². The molecule has 1 saturated heterocycles. The smallest absolute Gasteiger partial charge is 0.304 e. The molecule has 1 fully saturated rings. The molecule has 7 heteroatoms. The molecule has 4 rings (SSSR count). The molecule has 33 heavy (non-hydrogen) atoms. The van der Waals surface area contributed by atoms with Crippen molar-refractivity contribution in [2.45, 2.75) is 19.0 Å². The monoisotopic (exact) mass is 444 g/mol. The fraction of sp³-hybridized carbons (Fsp3) is 0.192. The minimum absolute atomic E-state index is 0.290. The average molecular weight is 445 g/mol. The number of hydrogen-bond acceptors (Lipinski definition) is 4. The van der Waals surface area contributed by atoms with Gasteiger partial charge in [-0.25, -0.2) is 0 Å².